The molecule has 4 rings (SSSR count). The van der Waals surface area contributed by atoms with Crippen molar-refractivity contribution in [1.29, 1.82) is 0 Å². The predicted octanol–water partition coefficient (Wildman–Crippen LogP) is 2.58. The first kappa shape index (κ1) is 19.8. The topological polar surface area (TPSA) is 92.5 Å². The first-order chi connectivity index (χ1) is 14.1. The van der Waals surface area contributed by atoms with Crippen molar-refractivity contribution in [3.8, 4) is 0 Å². The number of rotatable bonds is 7. The lowest BCUT2D eigenvalue weighted by atomic mass is 10.2. The molecule has 0 aliphatic carbocycles. The van der Waals surface area contributed by atoms with Crippen LogP contribution in [0.15, 0.2) is 22.9 Å². The molecular weight excluding hydrogens is 390 g/mol. The standard InChI is InChI=1S/C20H25N5O3S/c1-13-3-4-15(28-13)11-22-18-16-14(2)17(29-20(16)24-12-23-18)19(26)21-5-6-25-7-9-27-10-8-25/h3-4,12H,5-11H2,1-2H3,(H,21,26)(H,22,23,24). The molecule has 9 heteroatoms. The first-order valence-electron chi connectivity index (χ1n) is 9.73. The van der Waals surface area contributed by atoms with Crippen LogP contribution in [-0.2, 0) is 11.3 Å². The predicted molar refractivity (Wildman–Crippen MR) is 113 cm³/mol. The number of amides is 1. The fraction of sp³-hybridized carbons (Fsp3) is 0.450. The number of anilines is 1. The lowest BCUT2D eigenvalue weighted by Crippen LogP contribution is -2.41. The molecule has 3 aromatic heterocycles. The summed E-state index contributed by atoms with van der Waals surface area (Å²) in [5.74, 6) is 2.36. The van der Waals surface area contributed by atoms with Crippen LogP contribution in [0, 0.1) is 13.8 Å². The molecule has 0 aromatic carbocycles. The zero-order chi connectivity index (χ0) is 20.2. The smallest absolute Gasteiger partial charge is 0.261 e. The Bertz CT molecular complexity index is 993. The van der Waals surface area contributed by atoms with E-state index in [0.29, 0.717) is 23.8 Å². The van der Waals surface area contributed by atoms with Crippen molar-refractivity contribution in [2.75, 3.05) is 44.7 Å². The number of aromatic nitrogens is 2. The maximum atomic E-state index is 12.7. The van der Waals surface area contributed by atoms with Gasteiger partial charge in [-0.25, -0.2) is 9.97 Å². The van der Waals surface area contributed by atoms with Crippen molar-refractivity contribution < 1.29 is 13.9 Å². The fourth-order valence-corrected chi connectivity index (χ4v) is 4.47. The molecule has 0 bridgehead atoms. The number of nitrogens with zero attached hydrogens (tertiary/aromatic N) is 3. The zero-order valence-electron chi connectivity index (χ0n) is 16.7. The van der Waals surface area contributed by atoms with E-state index in [4.69, 9.17) is 9.15 Å². The summed E-state index contributed by atoms with van der Waals surface area (Å²) < 4.78 is 11.0. The van der Waals surface area contributed by atoms with Crippen molar-refractivity contribution >= 4 is 33.3 Å². The summed E-state index contributed by atoms with van der Waals surface area (Å²) in [4.78, 5) is 25.3. The van der Waals surface area contributed by atoms with Gasteiger partial charge in [0.05, 0.1) is 30.0 Å². The van der Waals surface area contributed by atoms with E-state index < -0.39 is 0 Å². The SMILES string of the molecule is Cc1ccc(CNc2ncnc3sc(C(=O)NCCN4CCOCC4)c(C)c23)o1. The lowest BCUT2D eigenvalue weighted by molar-refractivity contribution is 0.0383. The Labute approximate surface area is 173 Å². The normalized spacial score (nSPS) is 15.0. The molecule has 1 amide bonds. The van der Waals surface area contributed by atoms with E-state index >= 15 is 0 Å². The number of nitrogens with one attached hydrogen (secondary N) is 2. The van der Waals surface area contributed by atoms with Gasteiger partial charge in [0, 0.05) is 26.2 Å². The van der Waals surface area contributed by atoms with Crippen LogP contribution in [0.5, 0.6) is 0 Å². The number of hydrogen-bond acceptors (Lipinski definition) is 8. The molecule has 4 heterocycles. The maximum absolute atomic E-state index is 12.7. The van der Waals surface area contributed by atoms with Crippen LogP contribution in [0.1, 0.15) is 26.8 Å². The second-order valence-corrected chi connectivity index (χ2v) is 8.03. The lowest BCUT2D eigenvalue weighted by Gasteiger charge is -2.26. The largest absolute Gasteiger partial charge is 0.465 e. The number of furan rings is 1. The quantitative estimate of drug-likeness (QED) is 0.613. The maximum Gasteiger partial charge on any atom is 0.261 e. The molecule has 0 atom stereocenters. The van der Waals surface area contributed by atoms with Gasteiger partial charge in [-0.3, -0.25) is 9.69 Å². The zero-order valence-corrected chi connectivity index (χ0v) is 17.5. The van der Waals surface area contributed by atoms with Gasteiger partial charge in [-0.15, -0.1) is 11.3 Å². The Hall–Kier alpha value is -2.49. The highest BCUT2D eigenvalue weighted by molar-refractivity contribution is 7.20. The highest BCUT2D eigenvalue weighted by Gasteiger charge is 2.19. The van der Waals surface area contributed by atoms with E-state index in [2.05, 4.69) is 25.5 Å². The molecule has 1 saturated heterocycles. The van der Waals surface area contributed by atoms with Gasteiger partial charge < -0.3 is 19.8 Å². The van der Waals surface area contributed by atoms with Crippen molar-refractivity contribution in [3.63, 3.8) is 0 Å². The molecule has 1 aliphatic heterocycles. The minimum Gasteiger partial charge on any atom is -0.465 e. The third-order valence-electron chi connectivity index (χ3n) is 4.98. The van der Waals surface area contributed by atoms with Gasteiger partial charge in [-0.05, 0) is 31.5 Å². The minimum absolute atomic E-state index is 0.0635. The monoisotopic (exact) mass is 415 g/mol. The summed E-state index contributed by atoms with van der Waals surface area (Å²) in [5.41, 5.74) is 0.896. The Kier molecular flexibility index (Phi) is 6.08. The summed E-state index contributed by atoms with van der Waals surface area (Å²) in [5, 5.41) is 7.23. The van der Waals surface area contributed by atoms with Crippen LogP contribution >= 0.6 is 11.3 Å². The summed E-state index contributed by atoms with van der Waals surface area (Å²) in [7, 11) is 0. The van der Waals surface area contributed by atoms with Crippen molar-refractivity contribution in [1.82, 2.24) is 20.2 Å². The Morgan fingerprint density at radius 3 is 2.83 bits per heavy atom. The number of hydrogen-bond donors (Lipinski definition) is 2. The molecule has 1 aliphatic rings. The molecule has 2 N–H and O–H groups in total. The molecule has 29 heavy (non-hydrogen) atoms. The molecule has 3 aromatic rings. The number of morpholine rings is 1. The highest BCUT2D eigenvalue weighted by atomic mass is 32.1. The second-order valence-electron chi connectivity index (χ2n) is 7.03. The van der Waals surface area contributed by atoms with E-state index in [-0.39, 0.29) is 5.91 Å². The highest BCUT2D eigenvalue weighted by Crippen LogP contribution is 2.33. The van der Waals surface area contributed by atoms with Crippen LogP contribution in [-0.4, -0.2) is 60.2 Å². The summed E-state index contributed by atoms with van der Waals surface area (Å²) in [6, 6.07) is 3.87. The van der Waals surface area contributed by atoms with E-state index in [1.807, 2.05) is 26.0 Å². The summed E-state index contributed by atoms with van der Waals surface area (Å²) in [6.45, 7) is 9.17. The molecule has 1 fully saturated rings. The van der Waals surface area contributed by atoms with Gasteiger partial charge >= 0.3 is 0 Å². The van der Waals surface area contributed by atoms with Crippen LogP contribution in [0.2, 0.25) is 0 Å². The third-order valence-corrected chi connectivity index (χ3v) is 6.18. The molecule has 0 unspecified atom stereocenters. The molecule has 0 radical (unpaired) electrons. The van der Waals surface area contributed by atoms with Crippen LogP contribution in [0.4, 0.5) is 5.82 Å². The number of aryl methyl sites for hydroxylation is 2. The van der Waals surface area contributed by atoms with E-state index in [1.54, 1.807) is 0 Å². The van der Waals surface area contributed by atoms with Gasteiger partial charge in [-0.2, -0.15) is 0 Å². The number of ether oxygens (including phenoxy) is 1. The Balaban J connectivity index is 1.44. The van der Waals surface area contributed by atoms with E-state index in [0.717, 1.165) is 60.1 Å². The molecular formula is C20H25N5O3S. The Morgan fingerprint density at radius 1 is 1.24 bits per heavy atom. The van der Waals surface area contributed by atoms with Gasteiger partial charge in [-0.1, -0.05) is 0 Å². The third kappa shape index (κ3) is 4.58. The second kappa shape index (κ2) is 8.89. The van der Waals surface area contributed by atoms with Crippen LogP contribution in [0.25, 0.3) is 10.2 Å². The molecule has 154 valence electrons. The molecule has 0 saturated carbocycles. The van der Waals surface area contributed by atoms with Crippen molar-refractivity contribution in [2.45, 2.75) is 20.4 Å². The van der Waals surface area contributed by atoms with Crippen molar-refractivity contribution in [2.24, 2.45) is 0 Å². The van der Waals surface area contributed by atoms with Gasteiger partial charge in [0.1, 0.15) is 28.5 Å². The first-order valence-corrected chi connectivity index (χ1v) is 10.5. The summed E-state index contributed by atoms with van der Waals surface area (Å²) in [6.07, 6.45) is 1.52. The number of carbonyl (C=O) groups is 1. The summed E-state index contributed by atoms with van der Waals surface area (Å²) >= 11 is 1.40. The van der Waals surface area contributed by atoms with Crippen LogP contribution < -0.4 is 10.6 Å². The molecule has 0 spiro atoms. The molecule has 8 nitrogen and oxygen atoms in total. The van der Waals surface area contributed by atoms with E-state index in [1.165, 1.54) is 17.7 Å². The average Bonchev–Trinajstić information content (AvgIpc) is 3.30. The van der Waals surface area contributed by atoms with Crippen molar-refractivity contribution in [3.05, 3.63) is 40.4 Å². The Morgan fingerprint density at radius 2 is 2.07 bits per heavy atom. The van der Waals surface area contributed by atoms with Gasteiger partial charge in [0.15, 0.2) is 0 Å². The van der Waals surface area contributed by atoms with Crippen LogP contribution in [0.3, 0.4) is 0 Å². The number of carbonyl (C=O) groups excluding carboxylic acids is 1. The van der Waals surface area contributed by atoms with Gasteiger partial charge in [0.25, 0.3) is 5.91 Å². The number of fused-ring (bicyclic) bond motifs is 1. The average molecular weight is 416 g/mol. The van der Waals surface area contributed by atoms with Gasteiger partial charge in [0.2, 0.25) is 0 Å². The van der Waals surface area contributed by atoms with E-state index in [9.17, 15) is 4.79 Å². The minimum atomic E-state index is -0.0635. The number of thiophene rings is 1. The fourth-order valence-electron chi connectivity index (χ4n) is 3.41.